The Morgan fingerprint density at radius 2 is 1.85 bits per heavy atom. The SMILES string of the molecule is COc1ccccc1OCc1ccc(C(=O)N(C)c2ccc(Br)cc2C)o1. The lowest BCUT2D eigenvalue weighted by Gasteiger charge is -2.18. The Bertz CT molecular complexity index is 951. The van der Waals surface area contributed by atoms with E-state index in [4.69, 9.17) is 13.9 Å². The van der Waals surface area contributed by atoms with E-state index in [0.717, 1.165) is 15.7 Å². The van der Waals surface area contributed by atoms with Crippen molar-refractivity contribution in [2.24, 2.45) is 0 Å². The van der Waals surface area contributed by atoms with Crippen molar-refractivity contribution in [2.45, 2.75) is 13.5 Å². The van der Waals surface area contributed by atoms with Gasteiger partial charge >= 0.3 is 0 Å². The zero-order chi connectivity index (χ0) is 19.4. The third-order valence-electron chi connectivity index (χ3n) is 4.14. The molecule has 3 rings (SSSR count). The number of amides is 1. The van der Waals surface area contributed by atoms with Crippen LogP contribution in [0.3, 0.4) is 0 Å². The van der Waals surface area contributed by atoms with Crippen molar-refractivity contribution in [1.29, 1.82) is 0 Å². The second kappa shape index (κ2) is 8.31. The molecule has 1 heterocycles. The number of hydrogen-bond donors (Lipinski definition) is 0. The van der Waals surface area contributed by atoms with Crippen LogP contribution in [0.4, 0.5) is 5.69 Å². The second-order valence-corrected chi connectivity index (χ2v) is 6.92. The molecule has 0 aliphatic heterocycles. The lowest BCUT2D eigenvalue weighted by molar-refractivity contribution is 0.0962. The number of hydrogen-bond acceptors (Lipinski definition) is 4. The molecule has 2 aromatic carbocycles. The molecule has 140 valence electrons. The summed E-state index contributed by atoms with van der Waals surface area (Å²) in [5.41, 5.74) is 1.82. The fourth-order valence-corrected chi connectivity index (χ4v) is 3.20. The van der Waals surface area contributed by atoms with Crippen molar-refractivity contribution < 1.29 is 18.7 Å². The van der Waals surface area contributed by atoms with Crippen LogP contribution in [-0.4, -0.2) is 20.1 Å². The number of nitrogens with zero attached hydrogens (tertiary/aromatic N) is 1. The number of anilines is 1. The molecular formula is C21H20BrNO4. The summed E-state index contributed by atoms with van der Waals surface area (Å²) in [5, 5.41) is 0. The monoisotopic (exact) mass is 429 g/mol. The number of carbonyl (C=O) groups excluding carboxylic acids is 1. The molecule has 0 aliphatic carbocycles. The molecule has 0 unspecified atom stereocenters. The summed E-state index contributed by atoms with van der Waals surface area (Å²) in [4.78, 5) is 14.3. The van der Waals surface area contributed by atoms with Gasteiger partial charge in [0.1, 0.15) is 12.4 Å². The number of halogens is 1. The lowest BCUT2D eigenvalue weighted by atomic mass is 10.2. The zero-order valence-corrected chi connectivity index (χ0v) is 16.9. The molecule has 0 saturated carbocycles. The number of furan rings is 1. The summed E-state index contributed by atoms with van der Waals surface area (Å²) in [6.07, 6.45) is 0. The molecule has 1 amide bonds. The third kappa shape index (κ3) is 4.34. The van der Waals surface area contributed by atoms with Crippen LogP contribution >= 0.6 is 15.9 Å². The minimum Gasteiger partial charge on any atom is -0.493 e. The molecule has 0 fully saturated rings. The molecule has 0 atom stereocenters. The smallest absolute Gasteiger partial charge is 0.293 e. The van der Waals surface area contributed by atoms with E-state index in [1.807, 2.05) is 49.4 Å². The minimum atomic E-state index is -0.219. The molecule has 3 aromatic rings. The molecule has 0 radical (unpaired) electrons. The molecule has 0 saturated heterocycles. The summed E-state index contributed by atoms with van der Waals surface area (Å²) in [6, 6.07) is 16.5. The molecule has 0 N–H and O–H groups in total. The van der Waals surface area contributed by atoms with Gasteiger partial charge in [-0.25, -0.2) is 0 Å². The van der Waals surface area contributed by atoms with Gasteiger partial charge in [0, 0.05) is 17.2 Å². The number of rotatable bonds is 6. The van der Waals surface area contributed by atoms with E-state index in [-0.39, 0.29) is 18.3 Å². The van der Waals surface area contributed by atoms with Crippen LogP contribution in [0.25, 0.3) is 0 Å². The number of ether oxygens (including phenoxy) is 2. The largest absolute Gasteiger partial charge is 0.493 e. The first-order chi connectivity index (χ1) is 13.0. The zero-order valence-electron chi connectivity index (χ0n) is 15.4. The van der Waals surface area contributed by atoms with Gasteiger partial charge in [0.2, 0.25) is 0 Å². The molecular weight excluding hydrogens is 410 g/mol. The normalized spacial score (nSPS) is 10.5. The summed E-state index contributed by atoms with van der Waals surface area (Å²) in [7, 11) is 3.32. The predicted molar refractivity (Wildman–Crippen MR) is 108 cm³/mol. The predicted octanol–water partition coefficient (Wildman–Crippen LogP) is 5.21. The number of carbonyl (C=O) groups is 1. The van der Waals surface area contributed by atoms with E-state index in [1.165, 1.54) is 0 Å². The van der Waals surface area contributed by atoms with Crippen LogP contribution in [0.15, 0.2) is 63.5 Å². The van der Waals surface area contributed by atoms with Crippen molar-refractivity contribution in [2.75, 3.05) is 19.1 Å². The minimum absolute atomic E-state index is 0.203. The van der Waals surface area contributed by atoms with Crippen LogP contribution < -0.4 is 14.4 Å². The number of aryl methyl sites for hydroxylation is 1. The van der Waals surface area contributed by atoms with E-state index in [9.17, 15) is 4.79 Å². The van der Waals surface area contributed by atoms with Gasteiger partial charge in [-0.3, -0.25) is 4.79 Å². The quantitative estimate of drug-likeness (QED) is 0.539. The molecule has 5 nitrogen and oxygen atoms in total. The van der Waals surface area contributed by atoms with Gasteiger partial charge in [0.25, 0.3) is 5.91 Å². The van der Waals surface area contributed by atoms with E-state index >= 15 is 0 Å². The Hall–Kier alpha value is -2.73. The van der Waals surface area contributed by atoms with Gasteiger partial charge in [-0.05, 0) is 55.0 Å². The molecule has 1 aromatic heterocycles. The summed E-state index contributed by atoms with van der Waals surface area (Å²) >= 11 is 3.43. The van der Waals surface area contributed by atoms with Crippen molar-refractivity contribution >= 4 is 27.5 Å². The lowest BCUT2D eigenvalue weighted by Crippen LogP contribution is -2.26. The first-order valence-electron chi connectivity index (χ1n) is 8.38. The van der Waals surface area contributed by atoms with E-state index in [1.54, 1.807) is 31.2 Å². The molecule has 0 aliphatic rings. The summed E-state index contributed by atoms with van der Waals surface area (Å²) in [6.45, 7) is 2.16. The Kier molecular flexibility index (Phi) is 5.86. The number of benzene rings is 2. The van der Waals surface area contributed by atoms with E-state index in [2.05, 4.69) is 15.9 Å². The maximum atomic E-state index is 12.7. The van der Waals surface area contributed by atoms with Gasteiger partial charge in [-0.15, -0.1) is 0 Å². The van der Waals surface area contributed by atoms with Crippen LogP contribution in [0.5, 0.6) is 11.5 Å². The first-order valence-corrected chi connectivity index (χ1v) is 9.17. The highest BCUT2D eigenvalue weighted by Gasteiger charge is 2.19. The summed E-state index contributed by atoms with van der Waals surface area (Å²) in [5.74, 6) is 1.87. The van der Waals surface area contributed by atoms with Crippen molar-refractivity contribution in [3.8, 4) is 11.5 Å². The highest BCUT2D eigenvalue weighted by molar-refractivity contribution is 9.10. The highest BCUT2D eigenvalue weighted by Crippen LogP contribution is 2.27. The molecule has 0 spiro atoms. The van der Waals surface area contributed by atoms with Crippen molar-refractivity contribution in [3.63, 3.8) is 0 Å². The first kappa shape index (κ1) is 19.0. The molecule has 0 bridgehead atoms. The maximum Gasteiger partial charge on any atom is 0.293 e. The van der Waals surface area contributed by atoms with Crippen LogP contribution in [0.1, 0.15) is 21.9 Å². The van der Waals surface area contributed by atoms with Crippen molar-refractivity contribution in [1.82, 2.24) is 0 Å². The Morgan fingerprint density at radius 1 is 1.11 bits per heavy atom. The van der Waals surface area contributed by atoms with E-state index < -0.39 is 0 Å². The average Bonchev–Trinajstić information content (AvgIpc) is 3.14. The van der Waals surface area contributed by atoms with E-state index in [0.29, 0.717) is 17.3 Å². The average molecular weight is 430 g/mol. The number of para-hydroxylation sites is 2. The fourth-order valence-electron chi connectivity index (χ4n) is 2.73. The highest BCUT2D eigenvalue weighted by atomic mass is 79.9. The maximum absolute atomic E-state index is 12.7. The van der Waals surface area contributed by atoms with Gasteiger partial charge in [0.15, 0.2) is 17.3 Å². The van der Waals surface area contributed by atoms with Gasteiger partial charge in [-0.1, -0.05) is 28.1 Å². The Balaban J connectivity index is 1.70. The van der Waals surface area contributed by atoms with Gasteiger partial charge in [0.05, 0.1) is 7.11 Å². The van der Waals surface area contributed by atoms with Crippen LogP contribution in [0.2, 0.25) is 0 Å². The van der Waals surface area contributed by atoms with Crippen LogP contribution in [0, 0.1) is 6.92 Å². The van der Waals surface area contributed by atoms with Crippen LogP contribution in [-0.2, 0) is 6.61 Å². The second-order valence-electron chi connectivity index (χ2n) is 6.00. The number of methoxy groups -OCH3 is 1. The fraction of sp³-hybridized carbons (Fsp3) is 0.190. The Morgan fingerprint density at radius 3 is 2.56 bits per heavy atom. The molecule has 6 heteroatoms. The Labute approximate surface area is 166 Å². The topological polar surface area (TPSA) is 51.9 Å². The summed E-state index contributed by atoms with van der Waals surface area (Å²) < 4.78 is 17.6. The van der Waals surface area contributed by atoms with Gasteiger partial charge < -0.3 is 18.8 Å². The van der Waals surface area contributed by atoms with Gasteiger partial charge in [-0.2, -0.15) is 0 Å². The molecule has 27 heavy (non-hydrogen) atoms. The van der Waals surface area contributed by atoms with Crippen molar-refractivity contribution in [3.05, 3.63) is 76.2 Å². The standard InChI is InChI=1S/C21H20BrNO4/c1-14-12-15(22)8-10-17(14)23(2)21(24)20-11-9-16(27-20)13-26-19-7-5-4-6-18(19)25-3/h4-12H,13H2,1-3H3. The third-order valence-corrected chi connectivity index (χ3v) is 4.63.